The Morgan fingerprint density at radius 3 is 2.55 bits per heavy atom. The lowest BCUT2D eigenvalue weighted by molar-refractivity contribution is 0.102. The number of carbonyl (C=O) groups is 1. The second kappa shape index (κ2) is 6.48. The lowest BCUT2D eigenvalue weighted by atomic mass is 10.2. The number of benzene rings is 1. The van der Waals surface area contributed by atoms with Crippen LogP contribution in [0.25, 0.3) is 0 Å². The first-order valence-corrected chi connectivity index (χ1v) is 6.63. The van der Waals surface area contributed by atoms with Gasteiger partial charge in [0.15, 0.2) is 0 Å². The third-order valence-corrected chi connectivity index (χ3v) is 3.19. The van der Waals surface area contributed by atoms with E-state index in [-0.39, 0.29) is 5.56 Å². The maximum atomic E-state index is 12.2. The number of carbonyl (C=O) groups excluding carboxylic acids is 1. The minimum absolute atomic E-state index is 0.110. The summed E-state index contributed by atoms with van der Waals surface area (Å²) in [6, 6.07) is 3.02. The van der Waals surface area contributed by atoms with Crippen LogP contribution in [0, 0.1) is 6.92 Å². The number of halogens is 1. The summed E-state index contributed by atoms with van der Waals surface area (Å²) in [4.78, 5) is 30.3. The molecule has 2 rings (SSSR count). The molecular formula is C14H14ClN3O4. The molecule has 0 spiro atoms. The number of ether oxygens (including phenoxy) is 2. The van der Waals surface area contributed by atoms with Gasteiger partial charge in [0.1, 0.15) is 22.9 Å². The van der Waals surface area contributed by atoms with Crippen LogP contribution in [0.2, 0.25) is 5.02 Å². The molecule has 0 aliphatic heterocycles. The van der Waals surface area contributed by atoms with Crippen molar-refractivity contribution in [3.63, 3.8) is 0 Å². The summed E-state index contributed by atoms with van der Waals surface area (Å²) in [5.41, 5.74) is -0.305. The first-order chi connectivity index (χ1) is 10.5. The van der Waals surface area contributed by atoms with E-state index >= 15 is 0 Å². The molecule has 1 aromatic carbocycles. The average Bonchev–Trinajstić information content (AvgIpc) is 2.48. The molecule has 0 saturated heterocycles. The second-order valence-electron chi connectivity index (χ2n) is 4.35. The van der Waals surface area contributed by atoms with Crippen molar-refractivity contribution in [2.75, 3.05) is 19.5 Å². The number of hydrogen-bond donors (Lipinski definition) is 2. The molecule has 116 valence electrons. The number of methoxy groups -OCH3 is 2. The number of hydrogen-bond acceptors (Lipinski definition) is 5. The molecule has 0 saturated carbocycles. The summed E-state index contributed by atoms with van der Waals surface area (Å²) < 4.78 is 10.2. The van der Waals surface area contributed by atoms with Gasteiger partial charge in [-0.25, -0.2) is 4.98 Å². The maximum absolute atomic E-state index is 12.2. The molecule has 0 unspecified atom stereocenters. The standard InChI is InChI=1S/C14H14ClN3O4/c1-7-16-6-8(13(19)17-7)14(20)18-10-5-11(21-2)9(15)4-12(10)22-3/h4-6H,1-3H3,(H,18,20)(H,16,17,19). The van der Waals surface area contributed by atoms with Crippen LogP contribution < -0.4 is 20.3 Å². The van der Waals surface area contributed by atoms with Gasteiger partial charge in [0.25, 0.3) is 11.5 Å². The average molecular weight is 324 g/mol. The molecule has 1 amide bonds. The van der Waals surface area contributed by atoms with Crippen molar-refractivity contribution in [3.05, 3.63) is 45.1 Å². The van der Waals surface area contributed by atoms with E-state index in [0.717, 1.165) is 0 Å². The second-order valence-corrected chi connectivity index (χ2v) is 4.76. The molecule has 0 aliphatic rings. The number of aromatic nitrogens is 2. The normalized spacial score (nSPS) is 10.2. The number of rotatable bonds is 4. The zero-order valence-electron chi connectivity index (χ0n) is 12.2. The molecule has 1 heterocycles. The highest BCUT2D eigenvalue weighted by Crippen LogP contribution is 2.35. The Morgan fingerprint density at radius 1 is 1.27 bits per heavy atom. The number of nitrogens with one attached hydrogen (secondary N) is 2. The molecule has 22 heavy (non-hydrogen) atoms. The van der Waals surface area contributed by atoms with E-state index in [1.54, 1.807) is 6.92 Å². The van der Waals surface area contributed by atoms with Crippen molar-refractivity contribution < 1.29 is 14.3 Å². The molecular weight excluding hydrogens is 310 g/mol. The van der Waals surface area contributed by atoms with Gasteiger partial charge in [-0.15, -0.1) is 0 Å². The minimum Gasteiger partial charge on any atom is -0.495 e. The largest absolute Gasteiger partial charge is 0.495 e. The fourth-order valence-electron chi connectivity index (χ4n) is 1.79. The number of nitrogens with zero attached hydrogens (tertiary/aromatic N) is 1. The first kappa shape index (κ1) is 15.8. The van der Waals surface area contributed by atoms with Crippen molar-refractivity contribution in [2.45, 2.75) is 6.92 Å². The van der Waals surface area contributed by atoms with Gasteiger partial charge in [-0.3, -0.25) is 9.59 Å². The van der Waals surface area contributed by atoms with E-state index in [1.807, 2.05) is 0 Å². The van der Waals surface area contributed by atoms with E-state index in [9.17, 15) is 9.59 Å². The predicted molar refractivity (Wildman–Crippen MR) is 82.1 cm³/mol. The summed E-state index contributed by atoms with van der Waals surface area (Å²) in [5, 5.41) is 2.92. The fraction of sp³-hybridized carbons (Fsp3) is 0.214. The molecule has 1 aromatic heterocycles. The molecule has 7 nitrogen and oxygen atoms in total. The first-order valence-electron chi connectivity index (χ1n) is 6.25. The number of aromatic amines is 1. The Morgan fingerprint density at radius 2 is 1.95 bits per heavy atom. The summed E-state index contributed by atoms with van der Waals surface area (Å²) in [7, 11) is 2.89. The third kappa shape index (κ3) is 3.20. The summed E-state index contributed by atoms with van der Waals surface area (Å²) in [6.45, 7) is 1.62. The van der Waals surface area contributed by atoms with Crippen LogP contribution in [0.5, 0.6) is 11.5 Å². The van der Waals surface area contributed by atoms with Crippen molar-refractivity contribution >= 4 is 23.2 Å². The van der Waals surface area contributed by atoms with E-state index in [0.29, 0.717) is 28.0 Å². The SMILES string of the molecule is COc1cc(NC(=O)c2cnc(C)[nH]c2=O)c(OC)cc1Cl. The zero-order chi connectivity index (χ0) is 16.3. The quantitative estimate of drug-likeness (QED) is 0.897. The molecule has 0 aliphatic carbocycles. The van der Waals surface area contributed by atoms with Crippen molar-refractivity contribution in [3.8, 4) is 11.5 Å². The van der Waals surface area contributed by atoms with Crippen molar-refractivity contribution in [1.82, 2.24) is 9.97 Å². The molecule has 8 heteroatoms. The topological polar surface area (TPSA) is 93.3 Å². The Kier molecular flexibility index (Phi) is 4.67. The van der Waals surface area contributed by atoms with E-state index < -0.39 is 11.5 Å². The van der Waals surface area contributed by atoms with Crippen LogP contribution in [0.15, 0.2) is 23.1 Å². The zero-order valence-corrected chi connectivity index (χ0v) is 12.9. The lowest BCUT2D eigenvalue weighted by Crippen LogP contribution is -2.24. The molecule has 0 atom stereocenters. The van der Waals surface area contributed by atoms with Gasteiger partial charge < -0.3 is 19.8 Å². The highest BCUT2D eigenvalue weighted by molar-refractivity contribution is 6.32. The fourth-order valence-corrected chi connectivity index (χ4v) is 2.02. The van der Waals surface area contributed by atoms with Gasteiger partial charge >= 0.3 is 0 Å². The Balaban J connectivity index is 2.37. The number of amides is 1. The summed E-state index contributed by atoms with van der Waals surface area (Å²) in [6.07, 6.45) is 1.21. The predicted octanol–water partition coefficient (Wildman–Crippen LogP) is 2.00. The summed E-state index contributed by atoms with van der Waals surface area (Å²) >= 11 is 5.99. The van der Waals surface area contributed by atoms with Crippen LogP contribution in [-0.4, -0.2) is 30.1 Å². The van der Waals surface area contributed by atoms with Gasteiger partial charge in [0.05, 0.1) is 24.9 Å². The van der Waals surface area contributed by atoms with Gasteiger partial charge in [0, 0.05) is 18.3 Å². The van der Waals surface area contributed by atoms with Gasteiger partial charge in [0.2, 0.25) is 0 Å². The van der Waals surface area contributed by atoms with Gasteiger partial charge in [-0.05, 0) is 6.92 Å². The van der Waals surface area contributed by atoms with E-state index in [2.05, 4.69) is 15.3 Å². The minimum atomic E-state index is -0.614. The maximum Gasteiger partial charge on any atom is 0.263 e. The van der Waals surface area contributed by atoms with Crippen molar-refractivity contribution in [1.29, 1.82) is 0 Å². The molecule has 0 radical (unpaired) electrons. The highest BCUT2D eigenvalue weighted by atomic mass is 35.5. The third-order valence-electron chi connectivity index (χ3n) is 2.89. The van der Waals surface area contributed by atoms with Crippen LogP contribution in [0.4, 0.5) is 5.69 Å². The molecule has 2 N–H and O–H groups in total. The van der Waals surface area contributed by atoms with Crippen LogP contribution >= 0.6 is 11.6 Å². The van der Waals surface area contributed by atoms with E-state index in [4.69, 9.17) is 21.1 Å². The van der Waals surface area contributed by atoms with Gasteiger partial charge in [-0.2, -0.15) is 0 Å². The van der Waals surface area contributed by atoms with E-state index in [1.165, 1.54) is 32.5 Å². The highest BCUT2D eigenvalue weighted by Gasteiger charge is 2.16. The Labute approximate surface area is 131 Å². The van der Waals surface area contributed by atoms with Gasteiger partial charge in [-0.1, -0.05) is 11.6 Å². The smallest absolute Gasteiger partial charge is 0.263 e. The van der Waals surface area contributed by atoms with Crippen LogP contribution in [0.1, 0.15) is 16.2 Å². The Bertz CT molecular complexity index is 773. The number of H-pyrrole nitrogens is 1. The molecule has 0 fully saturated rings. The number of anilines is 1. The lowest BCUT2D eigenvalue weighted by Gasteiger charge is -2.13. The van der Waals surface area contributed by atoms with Crippen LogP contribution in [0.3, 0.4) is 0 Å². The monoisotopic (exact) mass is 323 g/mol. The summed E-state index contributed by atoms with van der Waals surface area (Å²) in [5.74, 6) is 0.521. The number of aryl methyl sites for hydroxylation is 1. The Hall–Kier alpha value is -2.54. The van der Waals surface area contributed by atoms with Crippen LogP contribution in [-0.2, 0) is 0 Å². The molecule has 2 aromatic rings. The van der Waals surface area contributed by atoms with Crippen molar-refractivity contribution in [2.24, 2.45) is 0 Å². The molecule has 0 bridgehead atoms.